The number of benzene rings is 3. The molecule has 0 saturated carbocycles. The molecule has 0 bridgehead atoms. The molecule has 2 heteroatoms. The third-order valence-corrected chi connectivity index (χ3v) is 4.45. The van der Waals surface area contributed by atoms with Crippen molar-refractivity contribution in [2.24, 2.45) is 0 Å². The van der Waals surface area contributed by atoms with E-state index in [-0.39, 0.29) is 6.17 Å². The summed E-state index contributed by atoms with van der Waals surface area (Å²) in [5.41, 5.74) is 3.92. The first-order valence-corrected chi connectivity index (χ1v) is 7.30. The molecule has 0 aliphatic carbocycles. The van der Waals surface area contributed by atoms with Crippen molar-refractivity contribution in [3.8, 4) is 0 Å². The summed E-state index contributed by atoms with van der Waals surface area (Å²) in [5.74, 6) is 0. The van der Waals surface area contributed by atoms with Crippen molar-refractivity contribution < 1.29 is 0 Å². The molecule has 1 aliphatic heterocycles. The van der Waals surface area contributed by atoms with Gasteiger partial charge in [-0.2, -0.15) is 0 Å². The van der Waals surface area contributed by atoms with Crippen LogP contribution in [0.5, 0.6) is 0 Å². The van der Waals surface area contributed by atoms with Gasteiger partial charge in [0.05, 0.1) is 0 Å². The molecule has 4 rings (SSSR count). The van der Waals surface area contributed by atoms with Gasteiger partial charge in [-0.1, -0.05) is 54.6 Å². The third kappa shape index (κ3) is 1.72. The van der Waals surface area contributed by atoms with Gasteiger partial charge < -0.3 is 9.80 Å². The van der Waals surface area contributed by atoms with Crippen LogP contribution in [0, 0.1) is 0 Å². The molecular weight excluding hydrogens is 256 g/mol. The summed E-state index contributed by atoms with van der Waals surface area (Å²) in [6.07, 6.45) is 0.228. The van der Waals surface area contributed by atoms with E-state index in [1.54, 1.807) is 0 Å². The van der Waals surface area contributed by atoms with Crippen molar-refractivity contribution >= 4 is 22.1 Å². The molecule has 0 unspecified atom stereocenters. The van der Waals surface area contributed by atoms with Gasteiger partial charge in [-0.3, -0.25) is 0 Å². The Bertz CT molecular complexity index is 750. The minimum Gasteiger partial charge on any atom is -0.350 e. The minimum atomic E-state index is 0.228. The monoisotopic (exact) mass is 274 g/mol. The highest BCUT2D eigenvalue weighted by molar-refractivity contribution is 6.05. The fourth-order valence-corrected chi connectivity index (χ4v) is 3.49. The average molecular weight is 274 g/mol. The van der Waals surface area contributed by atoms with Gasteiger partial charge >= 0.3 is 0 Å². The highest BCUT2D eigenvalue weighted by Gasteiger charge is 2.29. The molecule has 0 aromatic heterocycles. The Morgan fingerprint density at radius 3 is 1.81 bits per heavy atom. The summed E-state index contributed by atoms with van der Waals surface area (Å²) in [6, 6.07) is 23.8. The molecule has 1 aliphatic rings. The van der Waals surface area contributed by atoms with E-state index in [2.05, 4.69) is 90.6 Å². The van der Waals surface area contributed by atoms with Gasteiger partial charge in [0.25, 0.3) is 0 Å². The smallest absolute Gasteiger partial charge is 0.127 e. The standard InChI is InChI=1S/C19H18N2/c1-20-16-12-6-10-14-11-7-13-17(18(14)16)21(2)19(20)15-8-4-3-5-9-15/h3-13,19H,1-2H3. The molecule has 0 radical (unpaired) electrons. The van der Waals surface area contributed by atoms with E-state index in [1.807, 2.05) is 0 Å². The summed E-state index contributed by atoms with van der Waals surface area (Å²) in [5, 5.41) is 2.65. The van der Waals surface area contributed by atoms with Crippen LogP contribution in [0.2, 0.25) is 0 Å². The zero-order valence-corrected chi connectivity index (χ0v) is 12.3. The summed E-state index contributed by atoms with van der Waals surface area (Å²) < 4.78 is 0. The van der Waals surface area contributed by atoms with Crippen molar-refractivity contribution in [2.45, 2.75) is 6.17 Å². The maximum atomic E-state index is 2.37. The zero-order valence-electron chi connectivity index (χ0n) is 12.3. The number of nitrogens with zero attached hydrogens (tertiary/aromatic N) is 2. The Morgan fingerprint density at radius 2 is 1.24 bits per heavy atom. The lowest BCUT2D eigenvalue weighted by Crippen LogP contribution is -2.40. The fourth-order valence-electron chi connectivity index (χ4n) is 3.49. The molecule has 0 spiro atoms. The molecule has 0 atom stereocenters. The average Bonchev–Trinajstić information content (AvgIpc) is 2.54. The van der Waals surface area contributed by atoms with Crippen LogP contribution < -0.4 is 9.80 Å². The summed E-state index contributed by atoms with van der Waals surface area (Å²) >= 11 is 0. The topological polar surface area (TPSA) is 6.48 Å². The fraction of sp³-hybridized carbons (Fsp3) is 0.158. The van der Waals surface area contributed by atoms with E-state index >= 15 is 0 Å². The van der Waals surface area contributed by atoms with Crippen LogP contribution in [-0.4, -0.2) is 14.1 Å². The second-order valence-corrected chi connectivity index (χ2v) is 5.66. The second kappa shape index (κ2) is 4.52. The first-order chi connectivity index (χ1) is 10.3. The molecular formula is C19H18N2. The molecule has 2 nitrogen and oxygen atoms in total. The molecule has 3 aromatic rings. The van der Waals surface area contributed by atoms with Crippen LogP contribution in [0.3, 0.4) is 0 Å². The summed E-state index contributed by atoms with van der Waals surface area (Å²) in [6.45, 7) is 0. The molecule has 0 saturated heterocycles. The van der Waals surface area contributed by atoms with Gasteiger partial charge in [-0.25, -0.2) is 0 Å². The molecule has 0 amide bonds. The van der Waals surface area contributed by atoms with Gasteiger partial charge in [0.15, 0.2) is 0 Å². The van der Waals surface area contributed by atoms with E-state index < -0.39 is 0 Å². The molecule has 21 heavy (non-hydrogen) atoms. The number of hydrogen-bond donors (Lipinski definition) is 0. The van der Waals surface area contributed by atoms with Crippen LogP contribution in [0.25, 0.3) is 10.8 Å². The predicted molar refractivity (Wildman–Crippen MR) is 89.9 cm³/mol. The number of hydrogen-bond acceptors (Lipinski definition) is 2. The Hall–Kier alpha value is -2.48. The van der Waals surface area contributed by atoms with E-state index in [0.29, 0.717) is 0 Å². The molecule has 3 aromatic carbocycles. The highest BCUT2D eigenvalue weighted by Crippen LogP contribution is 2.44. The van der Waals surface area contributed by atoms with Crippen molar-refractivity contribution in [3.05, 3.63) is 72.3 Å². The van der Waals surface area contributed by atoms with Crippen molar-refractivity contribution in [3.63, 3.8) is 0 Å². The number of anilines is 2. The van der Waals surface area contributed by atoms with E-state index in [4.69, 9.17) is 0 Å². The van der Waals surface area contributed by atoms with Crippen molar-refractivity contribution in [1.82, 2.24) is 0 Å². The SMILES string of the molecule is CN1c2cccc3cccc(c23)N(C)C1c1ccccc1. The lowest BCUT2D eigenvalue weighted by molar-refractivity contribution is 0.649. The molecule has 104 valence electrons. The van der Waals surface area contributed by atoms with Gasteiger partial charge in [0.2, 0.25) is 0 Å². The number of rotatable bonds is 1. The highest BCUT2D eigenvalue weighted by atomic mass is 15.4. The Morgan fingerprint density at radius 1 is 0.667 bits per heavy atom. The lowest BCUT2D eigenvalue weighted by atomic mass is 9.99. The van der Waals surface area contributed by atoms with Crippen LogP contribution in [-0.2, 0) is 0 Å². The van der Waals surface area contributed by atoms with E-state index in [0.717, 1.165) is 0 Å². The maximum absolute atomic E-state index is 2.37. The first-order valence-electron chi connectivity index (χ1n) is 7.30. The third-order valence-electron chi connectivity index (χ3n) is 4.45. The van der Waals surface area contributed by atoms with Gasteiger partial charge in [-0.15, -0.1) is 0 Å². The normalized spacial score (nSPS) is 14.8. The minimum absolute atomic E-state index is 0.228. The quantitative estimate of drug-likeness (QED) is 0.648. The zero-order chi connectivity index (χ0) is 14.4. The molecule has 0 N–H and O–H groups in total. The summed E-state index contributed by atoms with van der Waals surface area (Å²) in [4.78, 5) is 4.73. The first kappa shape index (κ1) is 12.3. The molecule has 0 fully saturated rings. The van der Waals surface area contributed by atoms with Crippen LogP contribution in [0.15, 0.2) is 66.7 Å². The second-order valence-electron chi connectivity index (χ2n) is 5.66. The summed E-state index contributed by atoms with van der Waals surface area (Å²) in [7, 11) is 4.36. The Labute approximate surface area is 125 Å². The van der Waals surface area contributed by atoms with Gasteiger partial charge in [0, 0.05) is 30.9 Å². The Kier molecular flexibility index (Phi) is 2.64. The lowest BCUT2D eigenvalue weighted by Gasteiger charge is -2.43. The van der Waals surface area contributed by atoms with Crippen molar-refractivity contribution in [1.29, 1.82) is 0 Å². The van der Waals surface area contributed by atoms with Crippen LogP contribution in [0.1, 0.15) is 11.7 Å². The predicted octanol–water partition coefficient (Wildman–Crippen LogP) is 4.42. The van der Waals surface area contributed by atoms with E-state index in [1.165, 1.54) is 27.7 Å². The molecule has 1 heterocycles. The Balaban J connectivity index is 1.97. The van der Waals surface area contributed by atoms with Crippen LogP contribution >= 0.6 is 0 Å². The maximum Gasteiger partial charge on any atom is 0.127 e. The van der Waals surface area contributed by atoms with Crippen LogP contribution in [0.4, 0.5) is 11.4 Å². The van der Waals surface area contributed by atoms with Gasteiger partial charge in [0.1, 0.15) is 6.17 Å². The van der Waals surface area contributed by atoms with Crippen molar-refractivity contribution in [2.75, 3.05) is 23.9 Å². The largest absolute Gasteiger partial charge is 0.350 e. The van der Waals surface area contributed by atoms with E-state index in [9.17, 15) is 0 Å². The van der Waals surface area contributed by atoms with Gasteiger partial charge in [-0.05, 0) is 23.1 Å².